The van der Waals surface area contributed by atoms with E-state index in [1.807, 2.05) is 30.3 Å². The second kappa shape index (κ2) is 8.67. The fourth-order valence-corrected chi connectivity index (χ4v) is 4.50. The molecule has 0 aromatic heterocycles. The number of nitro benzene ring substituents is 1. The first-order valence-corrected chi connectivity index (χ1v) is 10.5. The Morgan fingerprint density at radius 1 is 1.19 bits per heavy atom. The van der Waals surface area contributed by atoms with Crippen molar-refractivity contribution in [3.05, 3.63) is 69.4 Å². The van der Waals surface area contributed by atoms with E-state index >= 15 is 0 Å². The number of urea groups is 1. The standard InChI is InChI=1S/C23H25N3O5/c1-2-31-18-13-16(12-17(22(18)27)26(29)30)21-19(14-8-4-3-5-9-14)20(24-23(28)25-21)15-10-6-7-11-15/h3-5,8-9,12-13,15,21,27H,2,6-7,10-11H2,1H3,(H2,24,25,28). The van der Waals surface area contributed by atoms with E-state index in [0.29, 0.717) is 5.56 Å². The zero-order valence-electron chi connectivity index (χ0n) is 17.3. The van der Waals surface area contributed by atoms with E-state index in [0.717, 1.165) is 42.5 Å². The molecule has 1 fully saturated rings. The van der Waals surface area contributed by atoms with Gasteiger partial charge in [-0.2, -0.15) is 0 Å². The normalized spacial score (nSPS) is 19.1. The molecular weight excluding hydrogens is 398 g/mol. The summed E-state index contributed by atoms with van der Waals surface area (Å²) in [6.07, 6.45) is 4.17. The van der Waals surface area contributed by atoms with Crippen LogP contribution in [0.1, 0.15) is 49.8 Å². The predicted octanol–water partition coefficient (Wildman–Crippen LogP) is 4.65. The minimum absolute atomic E-state index is 0.0225. The molecule has 0 bridgehead atoms. The molecule has 1 atom stereocenters. The van der Waals surface area contributed by atoms with Crippen LogP contribution in [0.2, 0.25) is 0 Å². The first kappa shape index (κ1) is 20.7. The van der Waals surface area contributed by atoms with E-state index in [2.05, 4.69) is 10.6 Å². The van der Waals surface area contributed by atoms with Gasteiger partial charge in [-0.1, -0.05) is 43.2 Å². The monoisotopic (exact) mass is 423 g/mol. The smallest absolute Gasteiger partial charge is 0.319 e. The summed E-state index contributed by atoms with van der Waals surface area (Å²) >= 11 is 0. The van der Waals surface area contributed by atoms with Gasteiger partial charge in [0.05, 0.1) is 17.6 Å². The molecule has 0 saturated heterocycles. The second-order valence-electron chi connectivity index (χ2n) is 7.78. The van der Waals surface area contributed by atoms with Crippen molar-refractivity contribution in [2.45, 2.75) is 38.6 Å². The Kier molecular flexibility index (Phi) is 5.79. The molecule has 2 amide bonds. The number of phenols is 1. The minimum Gasteiger partial charge on any atom is -0.500 e. The lowest BCUT2D eigenvalue weighted by molar-refractivity contribution is -0.386. The number of amides is 2. The van der Waals surface area contributed by atoms with Crippen LogP contribution in [0.3, 0.4) is 0 Å². The number of phenolic OH excluding ortho intramolecular Hbond substituents is 1. The number of ether oxygens (including phenoxy) is 1. The van der Waals surface area contributed by atoms with Gasteiger partial charge in [0.1, 0.15) is 0 Å². The molecule has 1 saturated carbocycles. The number of carbonyl (C=O) groups excluding carboxylic acids is 1. The molecule has 2 aromatic carbocycles. The first-order valence-electron chi connectivity index (χ1n) is 10.5. The van der Waals surface area contributed by atoms with Crippen molar-refractivity contribution < 1.29 is 19.6 Å². The molecule has 1 aliphatic heterocycles. The van der Waals surface area contributed by atoms with Gasteiger partial charge in [-0.15, -0.1) is 0 Å². The fourth-order valence-electron chi connectivity index (χ4n) is 4.50. The van der Waals surface area contributed by atoms with Crippen molar-refractivity contribution in [3.63, 3.8) is 0 Å². The molecule has 162 valence electrons. The van der Waals surface area contributed by atoms with Gasteiger partial charge in [0.2, 0.25) is 5.75 Å². The molecule has 8 heteroatoms. The zero-order chi connectivity index (χ0) is 22.0. The molecule has 8 nitrogen and oxygen atoms in total. The quantitative estimate of drug-likeness (QED) is 0.462. The van der Waals surface area contributed by atoms with Crippen LogP contribution in [0.15, 0.2) is 48.2 Å². The average Bonchev–Trinajstić information content (AvgIpc) is 3.30. The Hall–Kier alpha value is -3.55. The molecule has 31 heavy (non-hydrogen) atoms. The van der Waals surface area contributed by atoms with Crippen molar-refractivity contribution in [2.24, 2.45) is 5.92 Å². The van der Waals surface area contributed by atoms with Gasteiger partial charge >= 0.3 is 11.7 Å². The lowest BCUT2D eigenvalue weighted by Gasteiger charge is -2.33. The maximum Gasteiger partial charge on any atom is 0.319 e. The Labute approximate surface area is 180 Å². The van der Waals surface area contributed by atoms with Gasteiger partial charge in [-0.05, 0) is 42.9 Å². The molecule has 2 aliphatic rings. The maximum absolute atomic E-state index is 12.6. The number of aromatic hydroxyl groups is 1. The summed E-state index contributed by atoms with van der Waals surface area (Å²) in [4.78, 5) is 23.6. The van der Waals surface area contributed by atoms with Crippen LogP contribution < -0.4 is 15.4 Å². The Morgan fingerprint density at radius 2 is 1.90 bits per heavy atom. The Morgan fingerprint density at radius 3 is 2.55 bits per heavy atom. The molecule has 3 N–H and O–H groups in total. The Balaban J connectivity index is 1.92. The highest BCUT2D eigenvalue weighted by atomic mass is 16.6. The third-order valence-electron chi connectivity index (χ3n) is 5.86. The number of nitrogens with one attached hydrogen (secondary N) is 2. The summed E-state index contributed by atoms with van der Waals surface area (Å²) in [5, 5.41) is 27.8. The number of rotatable bonds is 6. The third-order valence-corrected chi connectivity index (χ3v) is 5.86. The highest BCUT2D eigenvalue weighted by molar-refractivity contribution is 5.88. The molecular formula is C23H25N3O5. The highest BCUT2D eigenvalue weighted by Crippen LogP contribution is 2.45. The summed E-state index contributed by atoms with van der Waals surface area (Å²) in [5.41, 5.74) is 2.71. The number of nitro groups is 1. The lowest BCUT2D eigenvalue weighted by Crippen LogP contribution is -2.45. The van der Waals surface area contributed by atoms with Crippen molar-refractivity contribution >= 4 is 17.3 Å². The Bertz CT molecular complexity index is 1030. The van der Waals surface area contributed by atoms with Crippen LogP contribution in [-0.4, -0.2) is 22.7 Å². The van der Waals surface area contributed by atoms with Crippen LogP contribution in [-0.2, 0) is 0 Å². The summed E-state index contributed by atoms with van der Waals surface area (Å²) in [5.74, 6) is -0.270. The van der Waals surface area contributed by atoms with Crippen LogP contribution >= 0.6 is 0 Å². The number of hydrogen-bond acceptors (Lipinski definition) is 5. The van der Waals surface area contributed by atoms with E-state index in [9.17, 15) is 20.0 Å². The van der Waals surface area contributed by atoms with Gasteiger partial charge in [0, 0.05) is 17.3 Å². The van der Waals surface area contributed by atoms with Gasteiger partial charge in [-0.3, -0.25) is 10.1 Å². The SMILES string of the molecule is CCOc1cc(C2NC(=O)NC(C3CCCC3)=C2c2ccccc2)cc([N+](=O)[O-])c1O. The molecule has 4 rings (SSSR count). The van der Waals surface area contributed by atoms with Crippen LogP contribution in [0.4, 0.5) is 10.5 Å². The molecule has 1 aliphatic carbocycles. The van der Waals surface area contributed by atoms with Crippen LogP contribution in [0.5, 0.6) is 11.5 Å². The summed E-state index contributed by atoms with van der Waals surface area (Å²) < 4.78 is 5.45. The molecule has 1 unspecified atom stereocenters. The number of hydrogen-bond donors (Lipinski definition) is 3. The van der Waals surface area contributed by atoms with Crippen molar-refractivity contribution in [1.29, 1.82) is 0 Å². The zero-order valence-corrected chi connectivity index (χ0v) is 17.3. The van der Waals surface area contributed by atoms with Crippen molar-refractivity contribution in [1.82, 2.24) is 10.6 Å². The number of carbonyl (C=O) groups is 1. The number of allylic oxidation sites excluding steroid dienone is 1. The lowest BCUT2D eigenvalue weighted by atomic mass is 9.85. The highest BCUT2D eigenvalue weighted by Gasteiger charge is 2.35. The summed E-state index contributed by atoms with van der Waals surface area (Å²) in [6, 6.07) is 11.6. The summed E-state index contributed by atoms with van der Waals surface area (Å²) in [7, 11) is 0. The van der Waals surface area contributed by atoms with Gasteiger partial charge in [0.25, 0.3) is 0 Å². The van der Waals surface area contributed by atoms with E-state index in [-0.39, 0.29) is 24.3 Å². The predicted molar refractivity (Wildman–Crippen MR) is 116 cm³/mol. The van der Waals surface area contributed by atoms with E-state index in [4.69, 9.17) is 4.74 Å². The van der Waals surface area contributed by atoms with E-state index in [1.54, 1.807) is 13.0 Å². The fraction of sp³-hybridized carbons (Fsp3) is 0.348. The average molecular weight is 423 g/mol. The van der Waals surface area contributed by atoms with Crippen molar-refractivity contribution in [3.8, 4) is 11.5 Å². The number of nitrogens with zero attached hydrogens (tertiary/aromatic N) is 1. The largest absolute Gasteiger partial charge is 0.500 e. The second-order valence-corrected chi connectivity index (χ2v) is 7.78. The van der Waals surface area contributed by atoms with Crippen LogP contribution in [0, 0.1) is 16.0 Å². The van der Waals surface area contributed by atoms with Gasteiger partial charge < -0.3 is 20.5 Å². The van der Waals surface area contributed by atoms with Crippen molar-refractivity contribution in [2.75, 3.05) is 6.61 Å². The first-order chi connectivity index (χ1) is 15.0. The van der Waals surface area contributed by atoms with E-state index in [1.165, 1.54) is 6.07 Å². The molecule has 2 aromatic rings. The van der Waals surface area contributed by atoms with Gasteiger partial charge in [-0.25, -0.2) is 4.79 Å². The van der Waals surface area contributed by atoms with Crippen LogP contribution in [0.25, 0.3) is 5.57 Å². The number of benzene rings is 2. The molecule has 0 radical (unpaired) electrons. The maximum atomic E-state index is 12.6. The topological polar surface area (TPSA) is 114 Å². The van der Waals surface area contributed by atoms with E-state index < -0.39 is 22.4 Å². The minimum atomic E-state index is -0.645. The third kappa shape index (κ3) is 4.05. The molecule has 1 heterocycles. The summed E-state index contributed by atoms with van der Waals surface area (Å²) in [6.45, 7) is 1.97. The molecule has 0 spiro atoms. The van der Waals surface area contributed by atoms with Gasteiger partial charge in [0.15, 0.2) is 5.75 Å².